The largest absolute Gasteiger partial charge is 0.390 e. The van der Waals surface area contributed by atoms with Crippen molar-refractivity contribution in [3.05, 3.63) is 24.0 Å². The molecule has 2 rings (SSSR count). The molecule has 0 spiro atoms. The molecule has 1 saturated heterocycles. The van der Waals surface area contributed by atoms with E-state index < -0.39 is 10.2 Å². The number of nitrogens with zero attached hydrogens (tertiary/aromatic N) is 4. The van der Waals surface area contributed by atoms with Crippen molar-refractivity contribution in [1.82, 2.24) is 13.6 Å². The Balaban J connectivity index is 2.04. The summed E-state index contributed by atoms with van der Waals surface area (Å²) in [6.07, 6.45) is 1.66. The lowest BCUT2D eigenvalue weighted by atomic mass is 10.2. The van der Waals surface area contributed by atoms with Gasteiger partial charge in [-0.1, -0.05) is 0 Å². The van der Waals surface area contributed by atoms with E-state index in [1.165, 1.54) is 22.7 Å². The van der Waals surface area contributed by atoms with Crippen LogP contribution in [0.15, 0.2) is 18.3 Å². The maximum atomic E-state index is 12.0. The third kappa shape index (κ3) is 3.09. The highest BCUT2D eigenvalue weighted by Gasteiger charge is 2.28. The number of pyridine rings is 1. The average Bonchev–Trinajstić information content (AvgIpc) is 2.47. The molecule has 20 heavy (non-hydrogen) atoms. The third-order valence-corrected chi connectivity index (χ3v) is 5.29. The average molecular weight is 300 g/mol. The smallest absolute Gasteiger partial charge is 0.281 e. The molecule has 1 fully saturated rings. The lowest BCUT2D eigenvalue weighted by molar-refractivity contribution is 0.277. The Hall–Kier alpha value is -1.22. The van der Waals surface area contributed by atoms with E-state index in [0.717, 1.165) is 5.69 Å². The summed E-state index contributed by atoms with van der Waals surface area (Å²) in [6.45, 7) is 2.07. The van der Waals surface area contributed by atoms with E-state index in [0.29, 0.717) is 31.9 Å². The van der Waals surface area contributed by atoms with Crippen LogP contribution in [0.3, 0.4) is 0 Å². The minimum Gasteiger partial charge on any atom is -0.390 e. The van der Waals surface area contributed by atoms with Gasteiger partial charge < -0.3 is 10.0 Å². The quantitative estimate of drug-likeness (QED) is 0.811. The third-order valence-electron chi connectivity index (χ3n) is 3.35. The number of aromatic nitrogens is 1. The Morgan fingerprint density at radius 1 is 1.30 bits per heavy atom. The number of hydrogen-bond acceptors (Lipinski definition) is 5. The van der Waals surface area contributed by atoms with E-state index in [9.17, 15) is 8.42 Å². The van der Waals surface area contributed by atoms with Gasteiger partial charge in [0.1, 0.15) is 0 Å². The molecule has 0 aromatic carbocycles. The molecule has 0 amide bonds. The first-order chi connectivity index (χ1) is 9.45. The number of rotatable bonds is 4. The zero-order chi connectivity index (χ0) is 14.8. The molecule has 0 atom stereocenters. The summed E-state index contributed by atoms with van der Waals surface area (Å²) < 4.78 is 26.8. The molecule has 0 unspecified atom stereocenters. The van der Waals surface area contributed by atoms with Crippen LogP contribution >= 0.6 is 0 Å². The Morgan fingerprint density at radius 2 is 1.95 bits per heavy atom. The Morgan fingerprint density at radius 3 is 2.50 bits per heavy atom. The molecule has 1 aliphatic heterocycles. The number of hydrogen-bond donors (Lipinski definition) is 1. The molecular formula is C12H20N4O3S. The van der Waals surface area contributed by atoms with E-state index in [-0.39, 0.29) is 6.61 Å². The summed E-state index contributed by atoms with van der Waals surface area (Å²) in [7, 11) is -0.251. The molecule has 112 valence electrons. The Labute approximate surface area is 119 Å². The molecule has 8 heteroatoms. The van der Waals surface area contributed by atoms with Crippen LogP contribution in [0.5, 0.6) is 0 Å². The van der Waals surface area contributed by atoms with Crippen LogP contribution in [0, 0.1) is 0 Å². The second kappa shape index (κ2) is 6.04. The van der Waals surface area contributed by atoms with Gasteiger partial charge in [-0.05, 0) is 12.1 Å². The van der Waals surface area contributed by atoms with Crippen molar-refractivity contribution in [3.63, 3.8) is 0 Å². The first-order valence-electron chi connectivity index (χ1n) is 6.43. The van der Waals surface area contributed by atoms with E-state index in [4.69, 9.17) is 5.11 Å². The zero-order valence-electron chi connectivity index (χ0n) is 11.7. The number of aliphatic hydroxyl groups excluding tert-OH is 1. The van der Waals surface area contributed by atoms with Gasteiger partial charge in [-0.25, -0.2) is 0 Å². The van der Waals surface area contributed by atoms with Crippen molar-refractivity contribution in [2.45, 2.75) is 6.61 Å². The SMILES string of the molecule is CN(C)S(=O)(=O)N1CCN(c2ccnc(CO)c2)CC1. The van der Waals surface area contributed by atoms with Crippen molar-refractivity contribution in [2.24, 2.45) is 0 Å². The van der Waals surface area contributed by atoms with Gasteiger partial charge in [0, 0.05) is 52.2 Å². The van der Waals surface area contributed by atoms with Crippen LogP contribution in [0.4, 0.5) is 5.69 Å². The molecule has 7 nitrogen and oxygen atoms in total. The molecule has 1 aromatic heterocycles. The summed E-state index contributed by atoms with van der Waals surface area (Å²) in [5, 5.41) is 9.10. The summed E-state index contributed by atoms with van der Waals surface area (Å²) in [5.74, 6) is 0. The van der Waals surface area contributed by atoms with Gasteiger partial charge in [0.2, 0.25) is 0 Å². The van der Waals surface area contributed by atoms with E-state index in [2.05, 4.69) is 9.88 Å². The van der Waals surface area contributed by atoms with Gasteiger partial charge in [0.25, 0.3) is 10.2 Å². The number of anilines is 1. The predicted molar refractivity (Wildman–Crippen MR) is 76.6 cm³/mol. The monoisotopic (exact) mass is 300 g/mol. The molecular weight excluding hydrogens is 280 g/mol. The van der Waals surface area contributed by atoms with E-state index in [1.54, 1.807) is 6.20 Å². The first-order valence-corrected chi connectivity index (χ1v) is 7.83. The fourth-order valence-electron chi connectivity index (χ4n) is 2.16. The summed E-state index contributed by atoms with van der Waals surface area (Å²) in [6, 6.07) is 3.70. The van der Waals surface area contributed by atoms with Gasteiger partial charge in [0.15, 0.2) is 0 Å². The van der Waals surface area contributed by atoms with Crippen molar-refractivity contribution in [1.29, 1.82) is 0 Å². The minimum absolute atomic E-state index is 0.0944. The zero-order valence-corrected chi connectivity index (χ0v) is 12.5. The maximum Gasteiger partial charge on any atom is 0.281 e. The van der Waals surface area contributed by atoms with Crippen molar-refractivity contribution in [2.75, 3.05) is 45.2 Å². The molecule has 0 bridgehead atoms. The van der Waals surface area contributed by atoms with Crippen molar-refractivity contribution >= 4 is 15.9 Å². The fourth-order valence-corrected chi connectivity index (χ4v) is 3.24. The van der Waals surface area contributed by atoms with E-state index in [1.807, 2.05) is 12.1 Å². The lowest BCUT2D eigenvalue weighted by Gasteiger charge is -2.36. The first kappa shape index (κ1) is 15.2. The van der Waals surface area contributed by atoms with Gasteiger partial charge in [-0.3, -0.25) is 4.98 Å². The molecule has 1 aliphatic rings. The highest BCUT2D eigenvalue weighted by atomic mass is 32.2. The molecule has 0 aliphatic carbocycles. The normalized spacial score (nSPS) is 17.7. The molecule has 1 aromatic rings. The van der Waals surface area contributed by atoms with Crippen LogP contribution in [0.2, 0.25) is 0 Å². The predicted octanol–water partition coefficient (Wildman–Crippen LogP) is -0.498. The number of piperazine rings is 1. The van der Waals surface area contributed by atoms with Gasteiger partial charge in [0.05, 0.1) is 12.3 Å². The second-order valence-corrected chi connectivity index (χ2v) is 6.98. The van der Waals surface area contributed by atoms with Crippen LogP contribution in [0.1, 0.15) is 5.69 Å². The Kier molecular flexibility index (Phi) is 4.59. The molecule has 0 saturated carbocycles. The summed E-state index contributed by atoms with van der Waals surface area (Å²) in [4.78, 5) is 6.14. The summed E-state index contributed by atoms with van der Waals surface area (Å²) >= 11 is 0. The second-order valence-electron chi connectivity index (χ2n) is 4.84. The van der Waals surface area contributed by atoms with Crippen molar-refractivity contribution < 1.29 is 13.5 Å². The molecule has 1 N–H and O–H groups in total. The Bertz CT molecular complexity index is 554. The fraction of sp³-hybridized carbons (Fsp3) is 0.583. The minimum atomic E-state index is -3.33. The van der Waals surface area contributed by atoms with Crippen LogP contribution in [0.25, 0.3) is 0 Å². The highest BCUT2D eigenvalue weighted by molar-refractivity contribution is 7.86. The van der Waals surface area contributed by atoms with Crippen LogP contribution < -0.4 is 4.90 Å². The molecule has 0 radical (unpaired) electrons. The standard InChI is InChI=1S/C12H20N4O3S/c1-14(2)20(18,19)16-7-5-15(6-8-16)12-3-4-13-11(9-12)10-17/h3-4,9,17H,5-8,10H2,1-2H3. The highest BCUT2D eigenvalue weighted by Crippen LogP contribution is 2.18. The van der Waals surface area contributed by atoms with Crippen LogP contribution in [-0.4, -0.2) is 67.4 Å². The molecule has 2 heterocycles. The lowest BCUT2D eigenvalue weighted by Crippen LogP contribution is -2.51. The summed E-state index contributed by atoms with van der Waals surface area (Å²) in [5.41, 5.74) is 1.58. The van der Waals surface area contributed by atoms with E-state index >= 15 is 0 Å². The van der Waals surface area contributed by atoms with Gasteiger partial charge >= 0.3 is 0 Å². The topological polar surface area (TPSA) is 77.0 Å². The van der Waals surface area contributed by atoms with Crippen molar-refractivity contribution in [3.8, 4) is 0 Å². The maximum absolute atomic E-state index is 12.0. The van der Waals surface area contributed by atoms with Gasteiger partial charge in [-0.2, -0.15) is 17.0 Å². The van der Waals surface area contributed by atoms with Gasteiger partial charge in [-0.15, -0.1) is 0 Å². The number of aliphatic hydroxyl groups is 1. The van der Waals surface area contributed by atoms with Crippen LogP contribution in [-0.2, 0) is 16.8 Å².